The minimum Gasteiger partial charge on any atom is -0.0985 e. The van der Waals surface area contributed by atoms with Gasteiger partial charge in [-0.15, -0.1) is 0 Å². The van der Waals surface area contributed by atoms with Crippen LogP contribution in [0.25, 0.3) is 0 Å². The molecule has 0 saturated heterocycles. The van der Waals surface area contributed by atoms with Crippen LogP contribution >= 0.6 is 0 Å². The molecule has 0 amide bonds. The average Bonchev–Trinajstić information content (AvgIpc) is 2.03. The van der Waals surface area contributed by atoms with Crippen LogP contribution in [-0.2, 0) is 0 Å². The Morgan fingerprint density at radius 3 is 2.31 bits per heavy atom. The van der Waals surface area contributed by atoms with E-state index < -0.39 is 0 Å². The van der Waals surface area contributed by atoms with Crippen molar-refractivity contribution in [2.45, 2.75) is 33.6 Å². The van der Waals surface area contributed by atoms with E-state index in [0.29, 0.717) is 0 Å². The van der Waals surface area contributed by atoms with Gasteiger partial charge in [0.25, 0.3) is 0 Å². The van der Waals surface area contributed by atoms with Gasteiger partial charge in [-0.25, -0.2) is 0 Å². The lowest BCUT2D eigenvalue weighted by Gasteiger charge is -1.98. The average molecular weight is 176 g/mol. The van der Waals surface area contributed by atoms with Crippen LogP contribution in [0.15, 0.2) is 48.1 Å². The van der Waals surface area contributed by atoms with Crippen molar-refractivity contribution in [2.24, 2.45) is 0 Å². The molecule has 0 N–H and O–H groups in total. The minimum absolute atomic E-state index is 0.995. The number of rotatable bonds is 5. The molecule has 0 fully saturated rings. The summed E-state index contributed by atoms with van der Waals surface area (Å²) in [7, 11) is 0. The molecular formula is C13H20. The summed E-state index contributed by atoms with van der Waals surface area (Å²) in [6.07, 6.45) is 8.36. The first kappa shape index (κ1) is 12.0. The zero-order chi connectivity index (χ0) is 10.3. The van der Waals surface area contributed by atoms with Crippen molar-refractivity contribution in [1.29, 1.82) is 0 Å². The highest BCUT2D eigenvalue weighted by Crippen LogP contribution is 2.09. The maximum Gasteiger partial charge on any atom is -0.0285 e. The van der Waals surface area contributed by atoms with Gasteiger partial charge in [0, 0.05) is 0 Å². The Kier molecular flexibility index (Phi) is 5.96. The molecule has 0 aromatic carbocycles. The van der Waals surface area contributed by atoms with Gasteiger partial charge in [-0.2, -0.15) is 0 Å². The SMILES string of the molecule is C=CC(=C)C=C(C)CCC=C(C)C. The minimum atomic E-state index is 0.995. The Balaban J connectivity index is 3.93. The van der Waals surface area contributed by atoms with Crippen LogP contribution < -0.4 is 0 Å². The van der Waals surface area contributed by atoms with Crippen LogP contribution in [0.5, 0.6) is 0 Å². The third-order valence-corrected chi connectivity index (χ3v) is 1.79. The maximum absolute atomic E-state index is 3.85. The van der Waals surface area contributed by atoms with Crippen molar-refractivity contribution in [1.82, 2.24) is 0 Å². The summed E-state index contributed by atoms with van der Waals surface area (Å²) in [5, 5.41) is 0. The molecule has 0 heteroatoms. The van der Waals surface area contributed by atoms with Gasteiger partial charge in [0.05, 0.1) is 0 Å². The molecule has 0 rings (SSSR count). The summed E-state index contributed by atoms with van der Waals surface area (Å²) in [5.41, 5.74) is 3.74. The number of hydrogen-bond donors (Lipinski definition) is 0. The van der Waals surface area contributed by atoms with Gasteiger partial charge in [0.1, 0.15) is 0 Å². The fourth-order valence-corrected chi connectivity index (χ4v) is 1.04. The summed E-state index contributed by atoms with van der Waals surface area (Å²) in [6, 6.07) is 0. The lowest BCUT2D eigenvalue weighted by atomic mass is 10.1. The first-order valence-corrected chi connectivity index (χ1v) is 4.68. The van der Waals surface area contributed by atoms with Gasteiger partial charge >= 0.3 is 0 Å². The van der Waals surface area contributed by atoms with Crippen molar-refractivity contribution in [3.05, 3.63) is 48.1 Å². The van der Waals surface area contributed by atoms with Gasteiger partial charge in [-0.3, -0.25) is 0 Å². The molecule has 0 nitrogen and oxygen atoms in total. The van der Waals surface area contributed by atoms with Gasteiger partial charge in [0.15, 0.2) is 0 Å². The fourth-order valence-electron chi connectivity index (χ4n) is 1.04. The molecule has 0 bridgehead atoms. The molecule has 0 aromatic rings. The molecular weight excluding hydrogens is 156 g/mol. The van der Waals surface area contributed by atoms with E-state index in [4.69, 9.17) is 0 Å². The van der Waals surface area contributed by atoms with Crippen LogP contribution in [-0.4, -0.2) is 0 Å². The third kappa shape index (κ3) is 7.32. The van der Waals surface area contributed by atoms with Crippen molar-refractivity contribution < 1.29 is 0 Å². The Morgan fingerprint density at radius 2 is 1.85 bits per heavy atom. The predicted octanol–water partition coefficient (Wildman–Crippen LogP) is 4.42. The van der Waals surface area contributed by atoms with E-state index in [9.17, 15) is 0 Å². The predicted molar refractivity (Wildman–Crippen MR) is 61.8 cm³/mol. The second kappa shape index (κ2) is 6.47. The number of allylic oxidation sites excluding steroid dienone is 6. The van der Waals surface area contributed by atoms with E-state index in [2.05, 4.69) is 46.1 Å². The maximum atomic E-state index is 3.85. The molecule has 72 valence electrons. The molecule has 0 aliphatic carbocycles. The monoisotopic (exact) mass is 176 g/mol. The normalized spacial score (nSPS) is 10.8. The second-order valence-electron chi connectivity index (χ2n) is 3.59. The highest BCUT2D eigenvalue weighted by molar-refractivity contribution is 5.28. The van der Waals surface area contributed by atoms with Crippen molar-refractivity contribution >= 4 is 0 Å². The first-order valence-electron chi connectivity index (χ1n) is 4.68. The highest BCUT2D eigenvalue weighted by Gasteiger charge is 1.89. The Bertz CT molecular complexity index is 235. The lowest BCUT2D eigenvalue weighted by Crippen LogP contribution is -1.78. The van der Waals surface area contributed by atoms with E-state index in [1.165, 1.54) is 11.1 Å². The van der Waals surface area contributed by atoms with E-state index in [-0.39, 0.29) is 0 Å². The smallest absolute Gasteiger partial charge is 0.0285 e. The van der Waals surface area contributed by atoms with E-state index in [0.717, 1.165) is 18.4 Å². The Morgan fingerprint density at radius 1 is 1.23 bits per heavy atom. The highest BCUT2D eigenvalue weighted by atomic mass is 13.9. The summed E-state index contributed by atoms with van der Waals surface area (Å²) in [6.45, 7) is 13.9. The molecule has 0 aromatic heterocycles. The van der Waals surface area contributed by atoms with Gasteiger partial charge in [-0.1, -0.05) is 42.5 Å². The standard InChI is InChI=1S/C13H20/c1-6-12(4)10-13(5)9-7-8-11(2)3/h6,8,10H,1,4,7,9H2,2-3,5H3. The number of hydrogen-bond acceptors (Lipinski definition) is 0. The van der Waals surface area contributed by atoms with Crippen molar-refractivity contribution in [3.8, 4) is 0 Å². The van der Waals surface area contributed by atoms with E-state index >= 15 is 0 Å². The first-order chi connectivity index (χ1) is 6.06. The largest absolute Gasteiger partial charge is 0.0985 e. The van der Waals surface area contributed by atoms with Gasteiger partial charge < -0.3 is 0 Å². The fraction of sp³-hybridized carbons (Fsp3) is 0.385. The second-order valence-corrected chi connectivity index (χ2v) is 3.59. The Labute approximate surface area is 82.4 Å². The summed E-state index contributed by atoms with van der Waals surface area (Å²) >= 11 is 0. The summed E-state index contributed by atoms with van der Waals surface area (Å²) in [5.74, 6) is 0. The molecule has 0 aliphatic rings. The lowest BCUT2D eigenvalue weighted by molar-refractivity contribution is 0.966. The van der Waals surface area contributed by atoms with Gasteiger partial charge in [-0.05, 0) is 39.2 Å². The van der Waals surface area contributed by atoms with Crippen LogP contribution in [0, 0.1) is 0 Å². The molecule has 0 radical (unpaired) electrons. The van der Waals surface area contributed by atoms with Crippen molar-refractivity contribution in [2.75, 3.05) is 0 Å². The van der Waals surface area contributed by atoms with E-state index in [1.807, 2.05) is 0 Å². The zero-order valence-corrected chi connectivity index (χ0v) is 9.06. The molecule has 13 heavy (non-hydrogen) atoms. The molecule has 0 atom stereocenters. The van der Waals surface area contributed by atoms with Crippen LogP contribution in [0.3, 0.4) is 0 Å². The van der Waals surface area contributed by atoms with Crippen LogP contribution in [0.1, 0.15) is 33.6 Å². The summed E-state index contributed by atoms with van der Waals surface area (Å²) in [4.78, 5) is 0. The molecule has 0 unspecified atom stereocenters. The molecule has 0 saturated carbocycles. The molecule has 0 aliphatic heterocycles. The van der Waals surface area contributed by atoms with Crippen molar-refractivity contribution in [3.63, 3.8) is 0 Å². The molecule has 0 spiro atoms. The zero-order valence-electron chi connectivity index (χ0n) is 9.06. The third-order valence-electron chi connectivity index (χ3n) is 1.79. The quantitative estimate of drug-likeness (QED) is 0.429. The van der Waals surface area contributed by atoms with Crippen LogP contribution in [0.2, 0.25) is 0 Å². The van der Waals surface area contributed by atoms with E-state index in [1.54, 1.807) is 6.08 Å². The van der Waals surface area contributed by atoms with Crippen LogP contribution in [0.4, 0.5) is 0 Å². The molecule has 0 heterocycles. The topological polar surface area (TPSA) is 0 Å². The van der Waals surface area contributed by atoms with Gasteiger partial charge in [0.2, 0.25) is 0 Å². The summed E-state index contributed by atoms with van der Waals surface area (Å²) < 4.78 is 0. The Hall–Kier alpha value is -1.04.